The van der Waals surface area contributed by atoms with Crippen LogP contribution in [0.2, 0.25) is 5.02 Å². The molecule has 0 saturated heterocycles. The molecule has 0 saturated carbocycles. The van der Waals surface area contributed by atoms with Crippen LogP contribution in [0.3, 0.4) is 0 Å². The summed E-state index contributed by atoms with van der Waals surface area (Å²) < 4.78 is 23.6. The van der Waals surface area contributed by atoms with Gasteiger partial charge in [-0.3, -0.25) is 4.79 Å². The molecule has 0 fully saturated rings. The van der Waals surface area contributed by atoms with Crippen LogP contribution in [0.15, 0.2) is 42.5 Å². The summed E-state index contributed by atoms with van der Waals surface area (Å²) >= 11 is 5.67. The SMILES string of the molecule is COc1cccc(NC(=O)[C@H](C)Oc2ccc(F)c(Cl)c2)c1. The number of benzene rings is 2. The Morgan fingerprint density at radius 3 is 2.68 bits per heavy atom. The summed E-state index contributed by atoms with van der Waals surface area (Å²) in [7, 11) is 1.55. The molecule has 0 radical (unpaired) electrons. The molecule has 4 nitrogen and oxygen atoms in total. The van der Waals surface area contributed by atoms with Gasteiger partial charge in [0.2, 0.25) is 0 Å². The third kappa shape index (κ3) is 4.11. The summed E-state index contributed by atoms with van der Waals surface area (Å²) in [5.74, 6) is 0.0765. The van der Waals surface area contributed by atoms with Gasteiger partial charge in [-0.15, -0.1) is 0 Å². The van der Waals surface area contributed by atoms with Crippen LogP contribution in [0.25, 0.3) is 0 Å². The van der Waals surface area contributed by atoms with Crippen LogP contribution in [-0.2, 0) is 4.79 Å². The van der Waals surface area contributed by atoms with E-state index >= 15 is 0 Å². The van der Waals surface area contributed by atoms with Crippen LogP contribution < -0.4 is 14.8 Å². The predicted octanol–water partition coefficient (Wildman–Crippen LogP) is 3.89. The van der Waals surface area contributed by atoms with Crippen molar-refractivity contribution in [3.63, 3.8) is 0 Å². The van der Waals surface area contributed by atoms with Gasteiger partial charge in [0.1, 0.15) is 17.3 Å². The quantitative estimate of drug-likeness (QED) is 0.908. The first-order valence-corrected chi connectivity index (χ1v) is 6.94. The van der Waals surface area contributed by atoms with Gasteiger partial charge in [0.05, 0.1) is 12.1 Å². The van der Waals surface area contributed by atoms with Crippen LogP contribution >= 0.6 is 11.6 Å². The van der Waals surface area contributed by atoms with Gasteiger partial charge in [-0.25, -0.2) is 4.39 Å². The molecule has 6 heteroatoms. The first kappa shape index (κ1) is 16.1. The fraction of sp³-hybridized carbons (Fsp3) is 0.188. The molecule has 0 aliphatic heterocycles. The number of halogens is 2. The highest BCUT2D eigenvalue weighted by Crippen LogP contribution is 2.22. The molecule has 0 bridgehead atoms. The Labute approximate surface area is 132 Å². The normalized spacial score (nSPS) is 11.6. The summed E-state index contributed by atoms with van der Waals surface area (Å²) in [6, 6.07) is 10.9. The molecule has 1 amide bonds. The van der Waals surface area contributed by atoms with E-state index in [1.165, 1.54) is 18.2 Å². The first-order valence-electron chi connectivity index (χ1n) is 6.56. The van der Waals surface area contributed by atoms with Gasteiger partial charge < -0.3 is 14.8 Å². The van der Waals surface area contributed by atoms with Gasteiger partial charge in [-0.05, 0) is 31.2 Å². The van der Waals surface area contributed by atoms with Crippen LogP contribution in [-0.4, -0.2) is 19.1 Å². The van der Waals surface area contributed by atoms with Crippen LogP contribution in [0, 0.1) is 5.82 Å². The number of hydrogen-bond donors (Lipinski definition) is 1. The zero-order valence-corrected chi connectivity index (χ0v) is 12.9. The number of carbonyl (C=O) groups excluding carboxylic acids is 1. The molecule has 1 atom stereocenters. The molecule has 0 aromatic heterocycles. The summed E-state index contributed by atoms with van der Waals surface area (Å²) in [6.07, 6.45) is -0.771. The van der Waals surface area contributed by atoms with E-state index in [2.05, 4.69) is 5.32 Å². The first-order chi connectivity index (χ1) is 10.5. The minimum atomic E-state index is -0.771. The monoisotopic (exact) mass is 323 g/mol. The number of ether oxygens (including phenoxy) is 2. The molecule has 2 aromatic rings. The lowest BCUT2D eigenvalue weighted by Crippen LogP contribution is -2.30. The molecule has 22 heavy (non-hydrogen) atoms. The molecule has 0 aliphatic carbocycles. The van der Waals surface area contributed by atoms with Gasteiger partial charge in [0.15, 0.2) is 6.10 Å². The highest BCUT2D eigenvalue weighted by molar-refractivity contribution is 6.30. The van der Waals surface area contributed by atoms with Crippen molar-refractivity contribution < 1.29 is 18.7 Å². The Bertz CT molecular complexity index is 678. The summed E-state index contributed by atoms with van der Waals surface area (Å²) in [6.45, 7) is 1.59. The minimum absolute atomic E-state index is 0.0575. The zero-order chi connectivity index (χ0) is 16.1. The third-order valence-electron chi connectivity index (χ3n) is 2.91. The fourth-order valence-electron chi connectivity index (χ4n) is 1.75. The van der Waals surface area contributed by atoms with Crippen molar-refractivity contribution in [3.8, 4) is 11.5 Å². The lowest BCUT2D eigenvalue weighted by atomic mass is 10.2. The second-order valence-electron chi connectivity index (χ2n) is 4.56. The maximum atomic E-state index is 13.1. The smallest absolute Gasteiger partial charge is 0.265 e. The van der Waals surface area contributed by atoms with Crippen molar-refractivity contribution in [3.05, 3.63) is 53.3 Å². The molecule has 2 aromatic carbocycles. The van der Waals surface area contributed by atoms with E-state index in [1.54, 1.807) is 38.3 Å². The molecule has 2 rings (SSSR count). The van der Waals surface area contributed by atoms with Crippen molar-refractivity contribution in [2.24, 2.45) is 0 Å². The molecule has 1 N–H and O–H groups in total. The average molecular weight is 324 g/mol. The molecule has 116 valence electrons. The van der Waals surface area contributed by atoms with Gasteiger partial charge >= 0.3 is 0 Å². The summed E-state index contributed by atoms with van der Waals surface area (Å²) in [5.41, 5.74) is 0.594. The number of hydrogen-bond acceptors (Lipinski definition) is 3. The molecular formula is C16H15ClFNO3. The van der Waals surface area contributed by atoms with Gasteiger partial charge in [0, 0.05) is 17.8 Å². The molecule has 0 spiro atoms. The highest BCUT2D eigenvalue weighted by atomic mass is 35.5. The maximum Gasteiger partial charge on any atom is 0.265 e. The van der Waals surface area contributed by atoms with Crippen LogP contribution in [0.4, 0.5) is 10.1 Å². The van der Waals surface area contributed by atoms with E-state index in [1.807, 2.05) is 0 Å². The average Bonchev–Trinajstić information content (AvgIpc) is 2.51. The second kappa shape index (κ2) is 7.13. The zero-order valence-electron chi connectivity index (χ0n) is 12.1. The molecule has 0 aliphatic rings. The lowest BCUT2D eigenvalue weighted by Gasteiger charge is -2.15. The molecular weight excluding hydrogens is 309 g/mol. The number of amides is 1. The standard InChI is InChI=1S/C16H15ClFNO3/c1-10(22-13-6-7-15(18)14(17)9-13)16(20)19-11-4-3-5-12(8-11)21-2/h3-10H,1-2H3,(H,19,20)/t10-/m0/s1. The minimum Gasteiger partial charge on any atom is -0.497 e. The topological polar surface area (TPSA) is 47.6 Å². The Balaban J connectivity index is 2.00. The van der Waals surface area contributed by atoms with E-state index in [-0.39, 0.29) is 10.9 Å². The van der Waals surface area contributed by atoms with Crippen molar-refractivity contribution >= 4 is 23.2 Å². The number of nitrogens with one attached hydrogen (secondary N) is 1. The number of rotatable bonds is 5. The lowest BCUT2D eigenvalue weighted by molar-refractivity contribution is -0.122. The Morgan fingerprint density at radius 1 is 1.23 bits per heavy atom. The maximum absolute atomic E-state index is 13.1. The number of methoxy groups -OCH3 is 1. The van der Waals surface area contributed by atoms with E-state index in [9.17, 15) is 9.18 Å². The van der Waals surface area contributed by atoms with Gasteiger partial charge in [-0.1, -0.05) is 17.7 Å². The number of carbonyl (C=O) groups is 1. The van der Waals surface area contributed by atoms with Crippen molar-refractivity contribution in [2.75, 3.05) is 12.4 Å². The van der Waals surface area contributed by atoms with Crippen molar-refractivity contribution in [1.82, 2.24) is 0 Å². The van der Waals surface area contributed by atoms with Gasteiger partial charge in [-0.2, -0.15) is 0 Å². The Kier molecular flexibility index (Phi) is 5.22. The Hall–Kier alpha value is -2.27. The summed E-state index contributed by atoms with van der Waals surface area (Å²) in [4.78, 5) is 12.1. The van der Waals surface area contributed by atoms with Crippen LogP contribution in [0.1, 0.15) is 6.92 Å². The highest BCUT2D eigenvalue weighted by Gasteiger charge is 2.15. The van der Waals surface area contributed by atoms with Crippen molar-refractivity contribution in [1.29, 1.82) is 0 Å². The second-order valence-corrected chi connectivity index (χ2v) is 4.96. The van der Waals surface area contributed by atoms with E-state index < -0.39 is 11.9 Å². The largest absolute Gasteiger partial charge is 0.497 e. The predicted molar refractivity (Wildman–Crippen MR) is 83.1 cm³/mol. The molecule has 0 heterocycles. The Morgan fingerprint density at radius 2 is 2.00 bits per heavy atom. The molecule has 0 unspecified atom stereocenters. The van der Waals surface area contributed by atoms with E-state index in [0.717, 1.165) is 0 Å². The van der Waals surface area contributed by atoms with Crippen molar-refractivity contribution in [2.45, 2.75) is 13.0 Å². The summed E-state index contributed by atoms with van der Waals surface area (Å²) in [5, 5.41) is 2.65. The van der Waals surface area contributed by atoms with Gasteiger partial charge in [0.25, 0.3) is 5.91 Å². The fourth-order valence-corrected chi connectivity index (χ4v) is 1.92. The third-order valence-corrected chi connectivity index (χ3v) is 3.20. The number of anilines is 1. The van der Waals surface area contributed by atoms with E-state index in [4.69, 9.17) is 21.1 Å². The van der Waals surface area contributed by atoms with Crippen LogP contribution in [0.5, 0.6) is 11.5 Å². The van der Waals surface area contributed by atoms with E-state index in [0.29, 0.717) is 17.2 Å².